The lowest BCUT2D eigenvalue weighted by molar-refractivity contribution is 0.167. The zero-order valence-electron chi connectivity index (χ0n) is 9.79. The van der Waals surface area contributed by atoms with Crippen LogP contribution in [-0.2, 0) is 6.54 Å². The molecule has 2 rings (SSSR count). The summed E-state index contributed by atoms with van der Waals surface area (Å²) in [5, 5.41) is 6.92. The van der Waals surface area contributed by atoms with Crippen LogP contribution in [0.4, 0.5) is 0 Å². The van der Waals surface area contributed by atoms with E-state index in [1.165, 1.54) is 17.8 Å². The molecular weight excluding hydrogens is 204 g/mol. The summed E-state index contributed by atoms with van der Waals surface area (Å²) in [5.41, 5.74) is 1.14. The Morgan fingerprint density at radius 3 is 2.80 bits per heavy atom. The van der Waals surface area contributed by atoms with E-state index in [0.717, 1.165) is 30.1 Å². The van der Waals surface area contributed by atoms with Gasteiger partial charge in [0.1, 0.15) is 5.01 Å². The van der Waals surface area contributed by atoms with Crippen molar-refractivity contribution in [2.24, 2.45) is 11.8 Å². The molecule has 0 radical (unpaired) electrons. The van der Waals surface area contributed by atoms with Crippen molar-refractivity contribution in [2.75, 3.05) is 0 Å². The highest BCUT2D eigenvalue weighted by atomic mass is 32.1. The van der Waals surface area contributed by atoms with Crippen LogP contribution in [0.3, 0.4) is 0 Å². The van der Waals surface area contributed by atoms with E-state index in [4.69, 9.17) is 0 Å². The Morgan fingerprint density at radius 2 is 2.27 bits per heavy atom. The van der Waals surface area contributed by atoms with Crippen LogP contribution in [0.15, 0.2) is 5.38 Å². The van der Waals surface area contributed by atoms with E-state index in [9.17, 15) is 0 Å². The van der Waals surface area contributed by atoms with Gasteiger partial charge in [-0.1, -0.05) is 13.8 Å². The van der Waals surface area contributed by atoms with Crippen LogP contribution < -0.4 is 5.32 Å². The van der Waals surface area contributed by atoms with Crippen molar-refractivity contribution in [3.63, 3.8) is 0 Å². The van der Waals surface area contributed by atoms with Crippen LogP contribution >= 0.6 is 11.3 Å². The first-order chi connectivity index (χ1) is 7.15. The van der Waals surface area contributed by atoms with Gasteiger partial charge in [0, 0.05) is 23.7 Å². The van der Waals surface area contributed by atoms with Gasteiger partial charge in [-0.2, -0.15) is 0 Å². The highest BCUT2D eigenvalue weighted by Crippen LogP contribution is 2.33. The van der Waals surface area contributed by atoms with Crippen molar-refractivity contribution in [3.05, 3.63) is 16.1 Å². The molecular formula is C12H20N2S. The highest BCUT2D eigenvalue weighted by molar-refractivity contribution is 7.09. The second-order valence-corrected chi connectivity index (χ2v) is 5.88. The van der Waals surface area contributed by atoms with Crippen molar-refractivity contribution in [2.45, 2.75) is 46.2 Å². The smallest absolute Gasteiger partial charge is 0.107 e. The van der Waals surface area contributed by atoms with Crippen LogP contribution in [0.5, 0.6) is 0 Å². The van der Waals surface area contributed by atoms with Crippen molar-refractivity contribution in [1.29, 1.82) is 0 Å². The maximum Gasteiger partial charge on any atom is 0.107 e. The van der Waals surface area contributed by atoms with Crippen LogP contribution in [0.25, 0.3) is 0 Å². The van der Waals surface area contributed by atoms with E-state index < -0.39 is 0 Å². The Bertz CT molecular complexity index is 313. The first-order valence-electron chi connectivity index (χ1n) is 5.79. The molecule has 15 heavy (non-hydrogen) atoms. The Hall–Kier alpha value is -0.410. The molecule has 1 saturated carbocycles. The minimum absolute atomic E-state index is 0.738. The van der Waals surface area contributed by atoms with Gasteiger partial charge < -0.3 is 5.32 Å². The molecule has 0 amide bonds. The Labute approximate surface area is 96.1 Å². The van der Waals surface area contributed by atoms with Crippen LogP contribution in [0, 0.1) is 18.8 Å². The quantitative estimate of drug-likeness (QED) is 0.850. The zero-order valence-corrected chi connectivity index (χ0v) is 10.6. The monoisotopic (exact) mass is 224 g/mol. The Morgan fingerprint density at radius 1 is 1.53 bits per heavy atom. The zero-order chi connectivity index (χ0) is 10.8. The lowest BCUT2D eigenvalue weighted by atomic mass is 9.74. The van der Waals surface area contributed by atoms with Gasteiger partial charge >= 0.3 is 0 Å². The molecule has 0 aromatic carbocycles. The second-order valence-electron chi connectivity index (χ2n) is 4.94. The molecule has 3 heteroatoms. The van der Waals surface area contributed by atoms with Crippen molar-refractivity contribution >= 4 is 11.3 Å². The SMILES string of the molecule is Cc1csc(CNC2CC(C(C)C)C2)n1. The number of rotatable bonds is 4. The molecule has 1 heterocycles. The van der Waals surface area contributed by atoms with Gasteiger partial charge in [-0.15, -0.1) is 11.3 Å². The summed E-state index contributed by atoms with van der Waals surface area (Å²) in [5.74, 6) is 1.80. The summed E-state index contributed by atoms with van der Waals surface area (Å²) in [6, 6.07) is 0.738. The fourth-order valence-electron chi connectivity index (χ4n) is 2.09. The van der Waals surface area contributed by atoms with E-state index in [1.54, 1.807) is 11.3 Å². The number of thiazole rings is 1. The average molecular weight is 224 g/mol. The van der Waals surface area contributed by atoms with Gasteiger partial charge in [-0.25, -0.2) is 4.98 Å². The van der Waals surface area contributed by atoms with Crippen molar-refractivity contribution < 1.29 is 0 Å². The molecule has 84 valence electrons. The first kappa shape index (κ1) is 11.1. The number of aryl methyl sites for hydroxylation is 1. The maximum atomic E-state index is 4.45. The molecule has 0 saturated heterocycles. The average Bonchev–Trinajstić information content (AvgIpc) is 2.48. The number of hydrogen-bond acceptors (Lipinski definition) is 3. The Kier molecular flexibility index (Phi) is 3.42. The van der Waals surface area contributed by atoms with Crippen LogP contribution in [0.2, 0.25) is 0 Å². The summed E-state index contributed by atoms with van der Waals surface area (Å²) >= 11 is 1.76. The maximum absolute atomic E-state index is 4.45. The Balaban J connectivity index is 1.68. The molecule has 1 N–H and O–H groups in total. The molecule has 2 nitrogen and oxygen atoms in total. The number of hydrogen-bond donors (Lipinski definition) is 1. The first-order valence-corrected chi connectivity index (χ1v) is 6.67. The topological polar surface area (TPSA) is 24.9 Å². The van der Waals surface area contributed by atoms with Gasteiger partial charge in [0.15, 0.2) is 0 Å². The molecule has 1 aliphatic carbocycles. The molecule has 0 bridgehead atoms. The minimum Gasteiger partial charge on any atom is -0.308 e. The molecule has 1 aromatic heterocycles. The normalized spacial score (nSPS) is 25.6. The van der Waals surface area contributed by atoms with Gasteiger partial charge in [0.25, 0.3) is 0 Å². The fraction of sp³-hybridized carbons (Fsp3) is 0.750. The molecule has 0 spiro atoms. The summed E-state index contributed by atoms with van der Waals surface area (Å²) in [4.78, 5) is 4.45. The molecule has 1 fully saturated rings. The third-order valence-corrected chi connectivity index (χ3v) is 4.29. The summed E-state index contributed by atoms with van der Waals surface area (Å²) in [6.45, 7) is 7.66. The lowest BCUT2D eigenvalue weighted by Crippen LogP contribution is -2.42. The van der Waals surface area contributed by atoms with Crippen LogP contribution in [0.1, 0.15) is 37.4 Å². The lowest BCUT2D eigenvalue weighted by Gasteiger charge is -2.38. The van der Waals surface area contributed by atoms with E-state index in [1.807, 2.05) is 0 Å². The molecule has 1 aromatic rings. The van der Waals surface area contributed by atoms with Crippen LogP contribution in [-0.4, -0.2) is 11.0 Å². The molecule has 0 atom stereocenters. The van der Waals surface area contributed by atoms with Crippen molar-refractivity contribution in [1.82, 2.24) is 10.3 Å². The van der Waals surface area contributed by atoms with E-state index in [0.29, 0.717) is 0 Å². The van der Waals surface area contributed by atoms with Crippen molar-refractivity contribution in [3.8, 4) is 0 Å². The number of nitrogens with one attached hydrogen (secondary N) is 1. The minimum atomic E-state index is 0.738. The summed E-state index contributed by atoms with van der Waals surface area (Å²) in [7, 11) is 0. The van der Waals surface area contributed by atoms with E-state index in [2.05, 4.69) is 36.5 Å². The largest absolute Gasteiger partial charge is 0.308 e. The van der Waals surface area contributed by atoms with Gasteiger partial charge in [-0.3, -0.25) is 0 Å². The fourth-order valence-corrected chi connectivity index (χ4v) is 2.81. The van der Waals surface area contributed by atoms with E-state index in [-0.39, 0.29) is 0 Å². The third-order valence-electron chi connectivity index (χ3n) is 3.33. The third kappa shape index (κ3) is 2.79. The van der Waals surface area contributed by atoms with Gasteiger partial charge in [0.05, 0.1) is 0 Å². The standard InChI is InChI=1S/C12H20N2S/c1-8(2)10-4-11(5-10)13-6-12-14-9(3)7-15-12/h7-8,10-11,13H,4-6H2,1-3H3. The highest BCUT2D eigenvalue weighted by Gasteiger charge is 2.30. The molecule has 1 aliphatic rings. The summed E-state index contributed by atoms with van der Waals surface area (Å²) in [6.07, 6.45) is 2.70. The predicted molar refractivity (Wildman–Crippen MR) is 65.0 cm³/mol. The molecule has 0 aliphatic heterocycles. The predicted octanol–water partition coefficient (Wildman–Crippen LogP) is 2.98. The number of aromatic nitrogens is 1. The molecule has 0 unspecified atom stereocenters. The van der Waals surface area contributed by atoms with Gasteiger partial charge in [-0.05, 0) is 31.6 Å². The second kappa shape index (κ2) is 4.62. The summed E-state index contributed by atoms with van der Waals surface area (Å²) < 4.78 is 0. The van der Waals surface area contributed by atoms with E-state index >= 15 is 0 Å². The van der Waals surface area contributed by atoms with Gasteiger partial charge in [0.2, 0.25) is 0 Å². The number of nitrogens with zero attached hydrogens (tertiary/aromatic N) is 1.